The highest BCUT2D eigenvalue weighted by atomic mass is 16.2. The molecule has 0 saturated heterocycles. The average molecular weight is 478 g/mol. The van der Waals surface area contributed by atoms with Gasteiger partial charge < -0.3 is 15.1 Å². The lowest BCUT2D eigenvalue weighted by molar-refractivity contribution is -0.147. The first-order chi connectivity index (χ1) is 16.6. The summed E-state index contributed by atoms with van der Waals surface area (Å²) < 4.78 is 0. The maximum Gasteiger partial charge on any atom is 0.245 e. The van der Waals surface area contributed by atoms with Gasteiger partial charge >= 0.3 is 0 Å². The molecule has 0 radical (unpaired) electrons. The van der Waals surface area contributed by atoms with Crippen molar-refractivity contribution >= 4 is 12.3 Å². The Morgan fingerprint density at radius 3 is 1.85 bits per heavy atom. The fraction of sp³-hybridized carbons (Fsp3) is 0.862. The number of amides is 2. The first-order valence-electron chi connectivity index (χ1n) is 14.4. The molecule has 0 bridgehead atoms. The molecule has 0 heterocycles. The molecule has 34 heavy (non-hydrogen) atoms. The van der Waals surface area contributed by atoms with Gasteiger partial charge in [-0.05, 0) is 78.4 Å². The van der Waals surface area contributed by atoms with E-state index in [1.54, 1.807) is 4.90 Å². The Bertz CT molecular complexity index is 543. The Hall–Kier alpha value is -1.36. The number of unbranched alkanes of at least 4 members (excludes halogenated alkanes) is 12. The van der Waals surface area contributed by atoms with Crippen LogP contribution in [0, 0.1) is 0 Å². The van der Waals surface area contributed by atoms with Crippen LogP contribution in [0.15, 0.2) is 12.2 Å². The van der Waals surface area contributed by atoms with Gasteiger partial charge in [-0.3, -0.25) is 9.59 Å². The van der Waals surface area contributed by atoms with Crippen molar-refractivity contribution in [3.05, 3.63) is 12.2 Å². The van der Waals surface area contributed by atoms with Gasteiger partial charge in [0.2, 0.25) is 12.3 Å². The molecule has 1 aliphatic carbocycles. The molecule has 0 aromatic rings. The Kier molecular flexibility index (Phi) is 17.9. The van der Waals surface area contributed by atoms with Crippen molar-refractivity contribution in [3.8, 4) is 0 Å². The monoisotopic (exact) mass is 477 g/mol. The quantitative estimate of drug-likeness (QED) is 0.104. The van der Waals surface area contributed by atoms with Crippen LogP contribution in [-0.4, -0.2) is 61.4 Å². The van der Waals surface area contributed by atoms with Crippen molar-refractivity contribution < 1.29 is 9.59 Å². The fourth-order valence-electron chi connectivity index (χ4n) is 4.82. The van der Waals surface area contributed by atoms with Crippen molar-refractivity contribution in [2.75, 3.05) is 33.7 Å². The fourth-order valence-corrected chi connectivity index (χ4v) is 4.82. The van der Waals surface area contributed by atoms with Crippen LogP contribution in [0.3, 0.4) is 0 Å². The second kappa shape index (κ2) is 19.9. The highest BCUT2D eigenvalue weighted by molar-refractivity contribution is 5.89. The third-order valence-corrected chi connectivity index (χ3v) is 7.26. The van der Waals surface area contributed by atoms with Gasteiger partial charge in [-0.2, -0.15) is 0 Å². The van der Waals surface area contributed by atoms with Gasteiger partial charge in [0.25, 0.3) is 0 Å². The van der Waals surface area contributed by atoms with E-state index in [1.165, 1.54) is 83.5 Å². The number of nitrogens with one attached hydrogen (secondary N) is 1. The molecule has 0 unspecified atom stereocenters. The topological polar surface area (TPSA) is 52.7 Å². The average Bonchev–Trinajstić information content (AvgIpc) is 2.79. The zero-order valence-electron chi connectivity index (χ0n) is 22.8. The van der Waals surface area contributed by atoms with Crippen molar-refractivity contribution in [1.29, 1.82) is 0 Å². The van der Waals surface area contributed by atoms with E-state index in [4.69, 9.17) is 0 Å². The molecule has 1 aliphatic rings. The minimum Gasteiger partial charge on any atom is -0.354 e. The van der Waals surface area contributed by atoms with Crippen LogP contribution < -0.4 is 5.32 Å². The second-order valence-corrected chi connectivity index (χ2v) is 10.5. The van der Waals surface area contributed by atoms with Gasteiger partial charge in [-0.15, -0.1) is 0 Å². The van der Waals surface area contributed by atoms with Crippen LogP contribution in [0.1, 0.15) is 122 Å². The number of hydrogen-bond acceptors (Lipinski definition) is 3. The summed E-state index contributed by atoms with van der Waals surface area (Å²) in [6.45, 7) is 4.58. The Balaban J connectivity index is 2.02. The molecule has 0 atom stereocenters. The van der Waals surface area contributed by atoms with Crippen molar-refractivity contribution in [2.45, 2.75) is 128 Å². The number of allylic oxidation sites excluding steroid dienone is 2. The lowest BCUT2D eigenvalue weighted by Gasteiger charge is -2.47. The van der Waals surface area contributed by atoms with Crippen LogP contribution in [0.25, 0.3) is 0 Å². The third-order valence-electron chi connectivity index (χ3n) is 7.26. The molecule has 198 valence electrons. The predicted molar refractivity (Wildman–Crippen MR) is 145 cm³/mol. The Morgan fingerprint density at radius 1 is 0.794 bits per heavy atom. The summed E-state index contributed by atoms with van der Waals surface area (Å²) >= 11 is 0. The van der Waals surface area contributed by atoms with E-state index < -0.39 is 5.54 Å². The van der Waals surface area contributed by atoms with Crippen LogP contribution in [0.4, 0.5) is 0 Å². The molecule has 0 spiro atoms. The normalized spacial score (nSPS) is 14.9. The van der Waals surface area contributed by atoms with E-state index in [1.807, 2.05) is 14.1 Å². The summed E-state index contributed by atoms with van der Waals surface area (Å²) in [6.07, 6.45) is 27.2. The third kappa shape index (κ3) is 12.9. The zero-order chi connectivity index (χ0) is 24.9. The first kappa shape index (κ1) is 30.7. The predicted octanol–water partition coefficient (Wildman–Crippen LogP) is 6.47. The van der Waals surface area contributed by atoms with Crippen LogP contribution >= 0.6 is 0 Å². The molecule has 1 fully saturated rings. The summed E-state index contributed by atoms with van der Waals surface area (Å²) in [6, 6.07) is 0. The van der Waals surface area contributed by atoms with Crippen LogP contribution in [0.5, 0.6) is 0 Å². The largest absolute Gasteiger partial charge is 0.354 e. The smallest absolute Gasteiger partial charge is 0.245 e. The summed E-state index contributed by atoms with van der Waals surface area (Å²) in [5.41, 5.74) is -0.587. The molecule has 5 nitrogen and oxygen atoms in total. The standard InChI is InChI=1S/C29H55N3O2/c1-4-5-6-7-8-9-10-11-12-13-14-15-16-17-18-19-24-30-28(34)29(22-20-23-29)32(27-33)26-21-25-31(2)3/h11-12,27H,4-10,13-26H2,1-3H3,(H,30,34)/b12-11-. The van der Waals surface area contributed by atoms with E-state index in [2.05, 4.69) is 29.3 Å². The lowest BCUT2D eigenvalue weighted by atomic mass is 9.74. The van der Waals surface area contributed by atoms with Crippen molar-refractivity contribution in [2.24, 2.45) is 0 Å². The number of hydrogen-bond donors (Lipinski definition) is 1. The van der Waals surface area contributed by atoms with Crippen molar-refractivity contribution in [1.82, 2.24) is 15.1 Å². The van der Waals surface area contributed by atoms with Gasteiger partial charge in [0, 0.05) is 13.1 Å². The van der Waals surface area contributed by atoms with Gasteiger partial charge in [0.1, 0.15) is 5.54 Å². The molecule has 0 aromatic heterocycles. The number of carbonyl (C=O) groups is 2. The summed E-state index contributed by atoms with van der Waals surface area (Å²) in [5.74, 6) is 0.0587. The molecule has 2 amide bonds. The van der Waals surface area contributed by atoms with Crippen LogP contribution in [0.2, 0.25) is 0 Å². The highest BCUT2D eigenvalue weighted by Gasteiger charge is 2.48. The Labute approximate surface area is 211 Å². The van der Waals surface area contributed by atoms with E-state index in [-0.39, 0.29) is 5.91 Å². The van der Waals surface area contributed by atoms with Gasteiger partial charge in [0.05, 0.1) is 0 Å². The molecule has 1 rings (SSSR count). The van der Waals surface area contributed by atoms with Crippen molar-refractivity contribution in [3.63, 3.8) is 0 Å². The molecular weight excluding hydrogens is 422 g/mol. The van der Waals surface area contributed by atoms with Gasteiger partial charge in [-0.1, -0.05) is 76.9 Å². The number of rotatable bonds is 23. The number of carbonyl (C=O) groups excluding carboxylic acids is 2. The summed E-state index contributed by atoms with van der Waals surface area (Å²) in [5, 5.41) is 3.13. The number of nitrogens with zero attached hydrogens (tertiary/aromatic N) is 2. The Morgan fingerprint density at radius 2 is 1.35 bits per heavy atom. The minimum absolute atomic E-state index is 0.0587. The molecule has 5 heteroatoms. The molecule has 1 N–H and O–H groups in total. The van der Waals surface area contributed by atoms with E-state index in [0.29, 0.717) is 6.54 Å². The van der Waals surface area contributed by atoms with Gasteiger partial charge in [-0.25, -0.2) is 0 Å². The summed E-state index contributed by atoms with van der Waals surface area (Å²) in [4.78, 5) is 28.4. The van der Waals surface area contributed by atoms with Gasteiger partial charge in [0.15, 0.2) is 0 Å². The molecular formula is C29H55N3O2. The first-order valence-corrected chi connectivity index (χ1v) is 14.4. The maximum absolute atomic E-state index is 12.9. The van der Waals surface area contributed by atoms with E-state index >= 15 is 0 Å². The second-order valence-electron chi connectivity index (χ2n) is 10.5. The molecule has 0 aromatic carbocycles. The summed E-state index contributed by atoms with van der Waals surface area (Å²) in [7, 11) is 4.07. The molecule has 1 saturated carbocycles. The van der Waals surface area contributed by atoms with Crippen LogP contribution in [-0.2, 0) is 9.59 Å². The minimum atomic E-state index is -0.587. The highest BCUT2D eigenvalue weighted by Crippen LogP contribution is 2.37. The van der Waals surface area contributed by atoms with E-state index in [9.17, 15) is 9.59 Å². The molecule has 0 aliphatic heterocycles. The lowest BCUT2D eigenvalue weighted by Crippen LogP contribution is -2.62. The van der Waals surface area contributed by atoms with E-state index in [0.717, 1.165) is 51.6 Å². The SMILES string of the molecule is CCCCCCCC/C=C\CCCCCCCCNC(=O)C1(N(C=O)CCCN(C)C)CCC1. The zero-order valence-corrected chi connectivity index (χ0v) is 22.8. The maximum atomic E-state index is 12.9.